The molecule has 1 aromatic rings. The number of nitrogens with two attached hydrogens (primary N) is 1. The Morgan fingerprint density at radius 3 is 2.92 bits per heavy atom. The van der Waals surface area contributed by atoms with Crippen molar-refractivity contribution in [1.82, 2.24) is 4.98 Å². The van der Waals surface area contributed by atoms with Crippen LogP contribution in [0.2, 0.25) is 0 Å². The zero-order valence-corrected chi connectivity index (χ0v) is 6.70. The zero-order chi connectivity index (χ0) is 8.55. The zero-order valence-electron chi connectivity index (χ0n) is 6.70. The largest absolute Gasteiger partial charge is 0.324 e. The van der Waals surface area contributed by atoms with Crippen LogP contribution in [0.3, 0.4) is 0 Å². The van der Waals surface area contributed by atoms with E-state index in [2.05, 4.69) is 4.98 Å². The van der Waals surface area contributed by atoms with Gasteiger partial charge in [0.25, 0.3) is 0 Å². The Morgan fingerprint density at radius 1 is 1.58 bits per heavy atom. The fourth-order valence-corrected chi connectivity index (χ4v) is 1.35. The molecule has 2 nitrogen and oxygen atoms in total. The highest BCUT2D eigenvalue weighted by Gasteiger charge is 2.29. The molecule has 0 spiro atoms. The van der Waals surface area contributed by atoms with Gasteiger partial charge >= 0.3 is 0 Å². The smallest absolute Gasteiger partial charge is 0.213 e. The average molecular weight is 166 g/mol. The summed E-state index contributed by atoms with van der Waals surface area (Å²) in [4.78, 5) is 3.48. The number of hydrogen-bond donors (Lipinski definition) is 1. The van der Waals surface area contributed by atoms with Crippen LogP contribution in [0.1, 0.15) is 24.4 Å². The van der Waals surface area contributed by atoms with E-state index in [4.69, 9.17) is 5.73 Å². The Labute approximate surface area is 70.6 Å². The van der Waals surface area contributed by atoms with E-state index in [1.807, 2.05) is 0 Å². The van der Waals surface area contributed by atoms with E-state index in [1.165, 1.54) is 25.1 Å². The van der Waals surface area contributed by atoms with E-state index in [0.29, 0.717) is 5.92 Å². The van der Waals surface area contributed by atoms with Crippen molar-refractivity contribution in [2.75, 3.05) is 0 Å². The van der Waals surface area contributed by atoms with Crippen molar-refractivity contribution in [2.24, 2.45) is 11.7 Å². The lowest BCUT2D eigenvalue weighted by Crippen LogP contribution is -2.12. The fourth-order valence-electron chi connectivity index (χ4n) is 1.35. The maximum Gasteiger partial charge on any atom is 0.213 e. The lowest BCUT2D eigenvalue weighted by molar-refractivity contribution is 0.568. The Balaban J connectivity index is 2.20. The van der Waals surface area contributed by atoms with Gasteiger partial charge in [-0.25, -0.2) is 4.98 Å². The summed E-state index contributed by atoms with van der Waals surface area (Å²) in [6.07, 6.45) is 3.81. The summed E-state index contributed by atoms with van der Waals surface area (Å²) in [5.41, 5.74) is 6.74. The van der Waals surface area contributed by atoms with Gasteiger partial charge in [0.15, 0.2) is 0 Å². The van der Waals surface area contributed by atoms with Crippen LogP contribution in [0.5, 0.6) is 0 Å². The van der Waals surface area contributed by atoms with Gasteiger partial charge in [0.1, 0.15) is 0 Å². The third kappa shape index (κ3) is 1.46. The molecule has 0 aromatic carbocycles. The highest BCUT2D eigenvalue weighted by atomic mass is 19.1. The minimum Gasteiger partial charge on any atom is -0.324 e. The molecule has 2 N–H and O–H groups in total. The summed E-state index contributed by atoms with van der Waals surface area (Å²) >= 11 is 0. The van der Waals surface area contributed by atoms with Crippen LogP contribution in [-0.2, 0) is 0 Å². The summed E-state index contributed by atoms with van der Waals surface area (Å²) in [6.45, 7) is 0. The van der Waals surface area contributed by atoms with Gasteiger partial charge in [-0.15, -0.1) is 0 Å². The van der Waals surface area contributed by atoms with Crippen molar-refractivity contribution < 1.29 is 4.39 Å². The first-order chi connectivity index (χ1) is 5.77. The molecule has 0 radical (unpaired) electrons. The van der Waals surface area contributed by atoms with Crippen molar-refractivity contribution >= 4 is 0 Å². The van der Waals surface area contributed by atoms with Crippen LogP contribution < -0.4 is 5.73 Å². The van der Waals surface area contributed by atoms with E-state index < -0.39 is 5.95 Å². The number of pyridine rings is 1. The second-order valence-corrected chi connectivity index (χ2v) is 3.28. The van der Waals surface area contributed by atoms with E-state index >= 15 is 0 Å². The van der Waals surface area contributed by atoms with E-state index in [-0.39, 0.29) is 6.04 Å². The van der Waals surface area contributed by atoms with Gasteiger partial charge in [0.05, 0.1) is 0 Å². The molecule has 0 saturated heterocycles. The fraction of sp³-hybridized carbons (Fsp3) is 0.444. The van der Waals surface area contributed by atoms with E-state index in [1.54, 1.807) is 6.07 Å². The molecular weight excluding hydrogens is 155 g/mol. The molecule has 0 bridgehead atoms. The highest BCUT2D eigenvalue weighted by molar-refractivity contribution is 5.17. The SMILES string of the molecule is N[C@H](c1ccnc(F)c1)C1CC1. The lowest BCUT2D eigenvalue weighted by Gasteiger charge is -2.09. The van der Waals surface area contributed by atoms with Crippen molar-refractivity contribution in [3.05, 3.63) is 29.8 Å². The van der Waals surface area contributed by atoms with Gasteiger partial charge in [0.2, 0.25) is 5.95 Å². The van der Waals surface area contributed by atoms with E-state index in [9.17, 15) is 4.39 Å². The minimum absolute atomic E-state index is 0.00231. The maximum atomic E-state index is 12.6. The Kier molecular flexibility index (Phi) is 1.81. The molecule has 1 aliphatic carbocycles. The van der Waals surface area contributed by atoms with Gasteiger partial charge in [-0.3, -0.25) is 0 Å². The summed E-state index contributed by atoms with van der Waals surface area (Å²) in [6, 6.07) is 3.21. The number of rotatable bonds is 2. The molecule has 64 valence electrons. The Bertz CT molecular complexity index is 284. The molecule has 1 saturated carbocycles. The van der Waals surface area contributed by atoms with Gasteiger partial charge in [-0.05, 0) is 36.5 Å². The van der Waals surface area contributed by atoms with E-state index in [0.717, 1.165) is 5.56 Å². The van der Waals surface area contributed by atoms with Crippen molar-refractivity contribution in [2.45, 2.75) is 18.9 Å². The molecule has 12 heavy (non-hydrogen) atoms. The van der Waals surface area contributed by atoms with Crippen molar-refractivity contribution in [3.63, 3.8) is 0 Å². The molecule has 1 fully saturated rings. The monoisotopic (exact) mass is 166 g/mol. The van der Waals surface area contributed by atoms with Gasteiger partial charge in [-0.2, -0.15) is 4.39 Å². The van der Waals surface area contributed by atoms with Crippen molar-refractivity contribution in [1.29, 1.82) is 0 Å². The first-order valence-electron chi connectivity index (χ1n) is 4.14. The molecule has 0 aliphatic heterocycles. The summed E-state index contributed by atoms with van der Waals surface area (Å²) in [7, 11) is 0. The highest BCUT2D eigenvalue weighted by Crippen LogP contribution is 2.39. The Morgan fingerprint density at radius 2 is 2.33 bits per heavy atom. The number of aromatic nitrogens is 1. The molecule has 0 amide bonds. The predicted octanol–water partition coefficient (Wildman–Crippen LogP) is 1.63. The number of nitrogens with zero attached hydrogens (tertiary/aromatic N) is 1. The van der Waals surface area contributed by atoms with Crippen LogP contribution in [0.15, 0.2) is 18.3 Å². The molecule has 1 aliphatic rings. The van der Waals surface area contributed by atoms with Crippen LogP contribution in [0.4, 0.5) is 4.39 Å². The first kappa shape index (κ1) is 7.68. The minimum atomic E-state index is -0.441. The topological polar surface area (TPSA) is 38.9 Å². The summed E-state index contributed by atoms with van der Waals surface area (Å²) in [5.74, 6) is 0.121. The first-order valence-corrected chi connectivity index (χ1v) is 4.14. The van der Waals surface area contributed by atoms with Crippen LogP contribution in [0, 0.1) is 11.9 Å². The second-order valence-electron chi connectivity index (χ2n) is 3.28. The van der Waals surface area contributed by atoms with Crippen LogP contribution >= 0.6 is 0 Å². The molecule has 2 rings (SSSR count). The normalized spacial score (nSPS) is 19.2. The third-order valence-corrected chi connectivity index (χ3v) is 2.27. The predicted molar refractivity (Wildman–Crippen MR) is 43.8 cm³/mol. The lowest BCUT2D eigenvalue weighted by atomic mass is 10.1. The van der Waals surface area contributed by atoms with Crippen LogP contribution in [-0.4, -0.2) is 4.98 Å². The molecule has 3 heteroatoms. The quantitative estimate of drug-likeness (QED) is 0.678. The van der Waals surface area contributed by atoms with Crippen molar-refractivity contribution in [3.8, 4) is 0 Å². The van der Waals surface area contributed by atoms with Gasteiger partial charge in [0, 0.05) is 12.2 Å². The van der Waals surface area contributed by atoms with Gasteiger partial charge < -0.3 is 5.73 Å². The number of halogens is 1. The molecular formula is C9H11FN2. The summed E-state index contributed by atoms with van der Waals surface area (Å²) < 4.78 is 12.6. The molecule has 0 unspecified atom stereocenters. The van der Waals surface area contributed by atoms with Gasteiger partial charge in [-0.1, -0.05) is 0 Å². The molecule has 1 aromatic heterocycles. The average Bonchev–Trinajstić information content (AvgIpc) is 2.85. The van der Waals surface area contributed by atoms with Crippen LogP contribution in [0.25, 0.3) is 0 Å². The molecule has 1 atom stereocenters. The number of hydrogen-bond acceptors (Lipinski definition) is 2. The third-order valence-electron chi connectivity index (χ3n) is 2.27. The standard InChI is InChI=1S/C9H11FN2/c10-8-5-7(3-4-12-8)9(11)6-1-2-6/h3-6,9H,1-2,11H2/t9-/m0/s1. The second kappa shape index (κ2) is 2.83. The summed E-state index contributed by atoms with van der Waals surface area (Å²) in [5, 5.41) is 0. The maximum absolute atomic E-state index is 12.6. The molecule has 1 heterocycles. The Hall–Kier alpha value is -0.960.